The minimum Gasteiger partial charge on any atom is -0.311 e. The van der Waals surface area contributed by atoms with Gasteiger partial charge in [0.25, 0.3) is 0 Å². The van der Waals surface area contributed by atoms with Crippen LogP contribution in [0, 0.1) is 0 Å². The zero-order valence-corrected chi connectivity index (χ0v) is 7.16. The highest BCUT2D eigenvalue weighted by molar-refractivity contribution is 6.32. The molecule has 0 aromatic carbocycles. The van der Waals surface area contributed by atoms with Gasteiger partial charge < -0.3 is 5.32 Å². The van der Waals surface area contributed by atoms with Gasteiger partial charge in [-0.1, -0.05) is 11.6 Å². The molecular formula is C7H7Cl2N3. The molecule has 1 aromatic heterocycles. The summed E-state index contributed by atoms with van der Waals surface area (Å²) in [6.07, 6.45) is -2.59. The highest BCUT2D eigenvalue weighted by Gasteiger charge is 2.15. The molecule has 0 unspecified atom stereocenters. The fraction of sp³-hybridized carbons (Fsp3) is 0.429. The van der Waals surface area contributed by atoms with Gasteiger partial charge >= 0.3 is 0 Å². The summed E-state index contributed by atoms with van der Waals surface area (Å²) in [5.74, 6) is 0. The van der Waals surface area contributed by atoms with Crippen molar-refractivity contribution in [2.24, 2.45) is 0 Å². The molecule has 5 heteroatoms. The second-order valence-electron chi connectivity index (χ2n) is 2.01. The van der Waals surface area contributed by atoms with Crippen LogP contribution in [-0.2, 0) is 12.9 Å². The van der Waals surface area contributed by atoms with Crippen LogP contribution in [0.2, 0.25) is 10.4 Å². The van der Waals surface area contributed by atoms with E-state index >= 15 is 0 Å². The third-order valence-electron chi connectivity index (χ3n) is 1.27. The molecule has 0 atom stereocenters. The standard InChI is InChI=1S/C7H7Cl2N3/c8-6-4-1-2-10-3-5(4)11-7(9)12-6/h10H,1-3H2/i1D2,2D2,3D2. The summed E-state index contributed by atoms with van der Waals surface area (Å²) in [7, 11) is 0. The smallest absolute Gasteiger partial charge is 0.224 e. The highest BCUT2D eigenvalue weighted by Crippen LogP contribution is 2.21. The van der Waals surface area contributed by atoms with Gasteiger partial charge in [-0.25, -0.2) is 9.97 Å². The molecule has 2 heterocycles. The number of hydrogen-bond acceptors (Lipinski definition) is 3. The van der Waals surface area contributed by atoms with Crippen LogP contribution in [0.4, 0.5) is 0 Å². The normalized spacial score (nSPS) is 35.8. The summed E-state index contributed by atoms with van der Waals surface area (Å²) in [6, 6.07) is 0. The molecule has 0 radical (unpaired) electrons. The minimum atomic E-state index is -2.66. The van der Waals surface area contributed by atoms with E-state index in [4.69, 9.17) is 31.4 Å². The van der Waals surface area contributed by atoms with Crippen LogP contribution in [0.5, 0.6) is 0 Å². The van der Waals surface area contributed by atoms with E-state index in [-0.39, 0.29) is 5.28 Å². The first-order valence-electron chi connectivity index (χ1n) is 6.02. The Hall–Kier alpha value is -0.380. The predicted molar refractivity (Wildman–Crippen MR) is 47.5 cm³/mol. The minimum absolute atomic E-state index is 0.331. The summed E-state index contributed by atoms with van der Waals surface area (Å²) in [5, 5.41) is 1.19. The molecule has 1 N–H and O–H groups in total. The van der Waals surface area contributed by atoms with E-state index in [2.05, 4.69) is 9.97 Å². The van der Waals surface area contributed by atoms with Gasteiger partial charge in [0, 0.05) is 20.3 Å². The van der Waals surface area contributed by atoms with E-state index in [1.165, 1.54) is 0 Å². The third-order valence-corrected chi connectivity index (χ3v) is 1.71. The number of nitrogens with zero attached hydrogens (tertiary/aromatic N) is 2. The second kappa shape index (κ2) is 3.17. The summed E-state index contributed by atoms with van der Waals surface area (Å²) in [5.41, 5.74) is -0.824. The van der Waals surface area contributed by atoms with Crippen molar-refractivity contribution in [1.82, 2.24) is 15.3 Å². The van der Waals surface area contributed by atoms with E-state index in [1.54, 1.807) is 0 Å². The SMILES string of the molecule is [2H]C1([2H])NC([2H])([2H])C([2H])([2H])c2c(Cl)nc(Cl)nc21. The van der Waals surface area contributed by atoms with Gasteiger partial charge in [-0.2, -0.15) is 0 Å². The van der Waals surface area contributed by atoms with Crippen LogP contribution in [0.3, 0.4) is 0 Å². The molecule has 1 aliphatic rings. The van der Waals surface area contributed by atoms with Crippen molar-refractivity contribution >= 4 is 23.2 Å². The fourth-order valence-corrected chi connectivity index (χ4v) is 1.22. The van der Waals surface area contributed by atoms with E-state index in [9.17, 15) is 0 Å². The van der Waals surface area contributed by atoms with Gasteiger partial charge in [0.05, 0.1) is 5.69 Å². The predicted octanol–water partition coefficient (Wildman–Crippen LogP) is 1.43. The number of hydrogen-bond donors (Lipinski definition) is 1. The molecule has 0 saturated heterocycles. The van der Waals surface area contributed by atoms with E-state index in [0.29, 0.717) is 0 Å². The summed E-state index contributed by atoms with van der Waals surface area (Å²) in [4.78, 5) is 7.15. The Kier molecular flexibility index (Phi) is 0.997. The maximum absolute atomic E-state index is 7.75. The van der Waals surface area contributed by atoms with Crippen molar-refractivity contribution in [3.05, 3.63) is 21.7 Å². The first kappa shape index (κ1) is 3.78. The molecule has 0 bridgehead atoms. The van der Waals surface area contributed by atoms with Crippen LogP contribution in [0.1, 0.15) is 19.5 Å². The van der Waals surface area contributed by atoms with Gasteiger partial charge in [0.15, 0.2) is 0 Å². The van der Waals surface area contributed by atoms with Gasteiger partial charge in [-0.15, -0.1) is 0 Å². The Morgan fingerprint density at radius 2 is 2.25 bits per heavy atom. The van der Waals surface area contributed by atoms with Gasteiger partial charge in [0.2, 0.25) is 5.28 Å². The lowest BCUT2D eigenvalue weighted by atomic mass is 10.1. The average molecular weight is 210 g/mol. The number of fused-ring (bicyclic) bond motifs is 1. The lowest BCUT2D eigenvalue weighted by Crippen LogP contribution is -2.25. The molecule has 0 aliphatic carbocycles. The van der Waals surface area contributed by atoms with Crippen molar-refractivity contribution in [2.45, 2.75) is 12.9 Å². The van der Waals surface area contributed by atoms with E-state index in [0.717, 1.165) is 0 Å². The summed E-state index contributed by atoms with van der Waals surface area (Å²) >= 11 is 11.3. The van der Waals surface area contributed by atoms with Crippen molar-refractivity contribution in [3.63, 3.8) is 0 Å². The van der Waals surface area contributed by atoms with E-state index < -0.39 is 35.8 Å². The molecular weight excluding hydrogens is 197 g/mol. The van der Waals surface area contributed by atoms with Crippen LogP contribution < -0.4 is 5.32 Å². The fourth-order valence-electron chi connectivity index (χ4n) is 0.793. The van der Waals surface area contributed by atoms with Gasteiger partial charge in [-0.3, -0.25) is 0 Å². The van der Waals surface area contributed by atoms with Crippen LogP contribution >= 0.6 is 23.2 Å². The number of nitrogens with one attached hydrogen (secondary N) is 1. The van der Waals surface area contributed by atoms with E-state index in [1.807, 2.05) is 5.32 Å². The lowest BCUT2D eigenvalue weighted by molar-refractivity contribution is 0.623. The highest BCUT2D eigenvalue weighted by atomic mass is 35.5. The lowest BCUT2D eigenvalue weighted by Gasteiger charge is -2.16. The van der Waals surface area contributed by atoms with Crippen molar-refractivity contribution in [3.8, 4) is 0 Å². The third kappa shape index (κ3) is 1.40. The molecule has 0 amide bonds. The molecule has 1 aromatic rings. The number of rotatable bonds is 0. The maximum Gasteiger partial charge on any atom is 0.224 e. The Labute approximate surface area is 88.5 Å². The van der Waals surface area contributed by atoms with Crippen LogP contribution in [0.25, 0.3) is 0 Å². The van der Waals surface area contributed by atoms with Gasteiger partial charge in [0.1, 0.15) is 5.15 Å². The Morgan fingerprint density at radius 1 is 1.42 bits per heavy atom. The Balaban J connectivity index is 2.83. The Morgan fingerprint density at radius 3 is 3.08 bits per heavy atom. The van der Waals surface area contributed by atoms with Gasteiger partial charge in [-0.05, 0) is 24.5 Å². The molecule has 0 fully saturated rings. The number of aromatic nitrogens is 2. The average Bonchev–Trinajstić information content (AvgIpc) is 2.11. The molecule has 2 rings (SSSR count). The first-order valence-corrected chi connectivity index (χ1v) is 3.78. The molecule has 0 spiro atoms. The zero-order chi connectivity index (χ0) is 13.9. The monoisotopic (exact) mass is 209 g/mol. The summed E-state index contributed by atoms with van der Waals surface area (Å²) in [6.45, 7) is -5.06. The molecule has 12 heavy (non-hydrogen) atoms. The topological polar surface area (TPSA) is 37.8 Å². The maximum atomic E-state index is 7.75. The van der Waals surface area contributed by atoms with Crippen LogP contribution in [0.15, 0.2) is 0 Å². The van der Waals surface area contributed by atoms with Crippen molar-refractivity contribution < 1.29 is 8.22 Å². The molecule has 0 saturated carbocycles. The Bertz CT molecular complexity index is 520. The summed E-state index contributed by atoms with van der Waals surface area (Å²) < 4.78 is 46.0. The largest absolute Gasteiger partial charge is 0.311 e. The second-order valence-corrected chi connectivity index (χ2v) is 2.70. The zero-order valence-electron chi connectivity index (χ0n) is 11.7. The molecule has 3 nitrogen and oxygen atoms in total. The molecule has 1 aliphatic heterocycles. The first-order chi connectivity index (χ1) is 7.99. The van der Waals surface area contributed by atoms with Crippen molar-refractivity contribution in [1.29, 1.82) is 0 Å². The molecule has 64 valence electrons. The van der Waals surface area contributed by atoms with Crippen molar-refractivity contribution in [2.75, 3.05) is 6.50 Å². The quantitative estimate of drug-likeness (QED) is 0.520. The number of halogens is 2. The van der Waals surface area contributed by atoms with Crippen LogP contribution in [-0.4, -0.2) is 16.5 Å².